The van der Waals surface area contributed by atoms with Gasteiger partial charge in [-0.3, -0.25) is 0 Å². The molecule has 22 heavy (non-hydrogen) atoms. The molecule has 1 saturated heterocycles. The standard InChI is InChI=1S/C18H25IO3/c19-17-11-16(13-20-12-14-7-3-1-4-8-14)22-18(17)21-15-9-5-2-6-10-15/h1,3-4,7-8,15-18H,2,5-6,9-13H2/t16-,17+,18+/m0/s1. The lowest BCUT2D eigenvalue weighted by molar-refractivity contribution is -0.172. The highest BCUT2D eigenvalue weighted by Gasteiger charge is 2.36. The Kier molecular flexibility index (Phi) is 6.53. The minimum Gasteiger partial charge on any atom is -0.374 e. The van der Waals surface area contributed by atoms with Crippen LogP contribution in [0, 0.1) is 0 Å². The Balaban J connectivity index is 1.38. The average molecular weight is 416 g/mol. The van der Waals surface area contributed by atoms with Gasteiger partial charge in [0.05, 0.1) is 29.3 Å². The van der Waals surface area contributed by atoms with E-state index in [1.54, 1.807) is 0 Å². The van der Waals surface area contributed by atoms with Crippen LogP contribution in [0.2, 0.25) is 0 Å². The van der Waals surface area contributed by atoms with Crippen molar-refractivity contribution in [3.05, 3.63) is 35.9 Å². The van der Waals surface area contributed by atoms with E-state index < -0.39 is 0 Å². The summed E-state index contributed by atoms with van der Waals surface area (Å²) in [6, 6.07) is 10.3. The van der Waals surface area contributed by atoms with Gasteiger partial charge in [0.2, 0.25) is 0 Å². The van der Waals surface area contributed by atoms with Gasteiger partial charge in [0.1, 0.15) is 0 Å². The average Bonchev–Trinajstić information content (AvgIpc) is 2.89. The molecule has 1 aliphatic carbocycles. The predicted molar refractivity (Wildman–Crippen MR) is 95.1 cm³/mol. The molecule has 4 heteroatoms. The van der Waals surface area contributed by atoms with Gasteiger partial charge in [-0.25, -0.2) is 0 Å². The molecule has 0 aromatic heterocycles. The number of ether oxygens (including phenoxy) is 3. The van der Waals surface area contributed by atoms with Gasteiger partial charge < -0.3 is 14.2 Å². The molecule has 0 unspecified atom stereocenters. The molecule has 2 fully saturated rings. The minimum absolute atomic E-state index is 0.0472. The van der Waals surface area contributed by atoms with E-state index in [0.717, 1.165) is 6.42 Å². The number of hydrogen-bond acceptors (Lipinski definition) is 3. The van der Waals surface area contributed by atoms with Crippen LogP contribution in [0.5, 0.6) is 0 Å². The molecule has 0 spiro atoms. The molecule has 1 aliphatic heterocycles. The molecule has 3 rings (SSSR count). The smallest absolute Gasteiger partial charge is 0.170 e. The molecule has 0 radical (unpaired) electrons. The third kappa shape index (κ3) is 4.91. The highest BCUT2D eigenvalue weighted by molar-refractivity contribution is 14.1. The highest BCUT2D eigenvalue weighted by Crippen LogP contribution is 2.31. The summed E-state index contributed by atoms with van der Waals surface area (Å²) in [4.78, 5) is 0. The zero-order valence-electron chi connectivity index (χ0n) is 13.0. The summed E-state index contributed by atoms with van der Waals surface area (Å²) in [6.45, 7) is 1.31. The Labute approximate surface area is 146 Å². The maximum absolute atomic E-state index is 6.17. The van der Waals surface area contributed by atoms with Gasteiger partial charge in [0.25, 0.3) is 0 Å². The molecular weight excluding hydrogens is 391 g/mol. The number of halogens is 1. The topological polar surface area (TPSA) is 27.7 Å². The van der Waals surface area contributed by atoms with Gasteiger partial charge in [-0.1, -0.05) is 72.2 Å². The second-order valence-electron chi connectivity index (χ2n) is 6.28. The first-order chi connectivity index (χ1) is 10.8. The Bertz CT molecular complexity index is 433. The summed E-state index contributed by atoms with van der Waals surface area (Å²) in [6.07, 6.45) is 7.88. The van der Waals surface area contributed by atoms with Crippen molar-refractivity contribution in [2.75, 3.05) is 6.61 Å². The van der Waals surface area contributed by atoms with Crippen LogP contribution in [0.25, 0.3) is 0 Å². The van der Waals surface area contributed by atoms with Crippen molar-refractivity contribution in [1.82, 2.24) is 0 Å². The van der Waals surface area contributed by atoms with Crippen LogP contribution >= 0.6 is 22.6 Å². The van der Waals surface area contributed by atoms with Crippen molar-refractivity contribution in [1.29, 1.82) is 0 Å². The fourth-order valence-corrected chi connectivity index (χ4v) is 4.10. The van der Waals surface area contributed by atoms with Gasteiger partial charge in [-0.15, -0.1) is 0 Å². The molecule has 1 saturated carbocycles. The summed E-state index contributed by atoms with van der Waals surface area (Å²) in [5, 5.41) is 0. The van der Waals surface area contributed by atoms with Crippen molar-refractivity contribution in [3.63, 3.8) is 0 Å². The molecule has 0 N–H and O–H groups in total. The van der Waals surface area contributed by atoms with Crippen molar-refractivity contribution < 1.29 is 14.2 Å². The van der Waals surface area contributed by atoms with Gasteiger partial charge in [0.15, 0.2) is 6.29 Å². The van der Waals surface area contributed by atoms with Gasteiger partial charge >= 0.3 is 0 Å². The van der Waals surface area contributed by atoms with E-state index in [1.807, 2.05) is 18.2 Å². The molecular formula is C18H25IO3. The van der Waals surface area contributed by atoms with E-state index in [4.69, 9.17) is 14.2 Å². The molecule has 1 aromatic carbocycles. The third-order valence-electron chi connectivity index (χ3n) is 4.40. The van der Waals surface area contributed by atoms with E-state index >= 15 is 0 Å². The van der Waals surface area contributed by atoms with Gasteiger partial charge in [-0.05, 0) is 24.8 Å². The zero-order valence-corrected chi connectivity index (χ0v) is 15.1. The first-order valence-corrected chi connectivity index (χ1v) is 9.62. The first kappa shape index (κ1) is 16.7. The van der Waals surface area contributed by atoms with Crippen LogP contribution < -0.4 is 0 Å². The first-order valence-electron chi connectivity index (χ1n) is 8.38. The van der Waals surface area contributed by atoms with E-state index in [9.17, 15) is 0 Å². The predicted octanol–water partition coefficient (Wildman–Crippen LogP) is 4.47. The number of hydrogen-bond donors (Lipinski definition) is 0. The van der Waals surface area contributed by atoms with Crippen LogP contribution in [0.1, 0.15) is 44.1 Å². The molecule has 122 valence electrons. The van der Waals surface area contributed by atoms with E-state index in [1.165, 1.54) is 37.7 Å². The van der Waals surface area contributed by atoms with Crippen molar-refractivity contribution >= 4 is 22.6 Å². The lowest BCUT2D eigenvalue weighted by Crippen LogP contribution is -2.28. The highest BCUT2D eigenvalue weighted by atomic mass is 127. The van der Waals surface area contributed by atoms with Gasteiger partial charge in [0, 0.05) is 0 Å². The van der Waals surface area contributed by atoms with E-state index in [2.05, 4.69) is 34.7 Å². The zero-order chi connectivity index (χ0) is 15.2. The number of rotatable bonds is 6. The second kappa shape index (κ2) is 8.62. The molecule has 2 aliphatic rings. The summed E-state index contributed by atoms with van der Waals surface area (Å²) in [5.41, 5.74) is 1.21. The Hall–Kier alpha value is -0.170. The Morgan fingerprint density at radius 1 is 1.09 bits per heavy atom. The maximum atomic E-state index is 6.17. The SMILES string of the molecule is I[C@@H]1C[C@@H](COCc2ccccc2)O[C@H]1OC1CCCCC1. The Morgan fingerprint density at radius 2 is 1.86 bits per heavy atom. The molecule has 0 amide bonds. The molecule has 1 aromatic rings. The normalized spacial score (nSPS) is 29.8. The van der Waals surface area contributed by atoms with Crippen LogP contribution in [0.15, 0.2) is 30.3 Å². The van der Waals surface area contributed by atoms with Crippen molar-refractivity contribution in [2.24, 2.45) is 0 Å². The lowest BCUT2D eigenvalue weighted by Gasteiger charge is -2.26. The molecule has 0 bridgehead atoms. The number of benzene rings is 1. The quantitative estimate of drug-likeness (QED) is 0.506. The van der Waals surface area contributed by atoms with Crippen LogP contribution in [-0.4, -0.2) is 29.0 Å². The van der Waals surface area contributed by atoms with Crippen molar-refractivity contribution in [3.8, 4) is 0 Å². The maximum Gasteiger partial charge on any atom is 0.170 e. The Morgan fingerprint density at radius 3 is 2.64 bits per heavy atom. The summed E-state index contributed by atoms with van der Waals surface area (Å²) in [7, 11) is 0. The van der Waals surface area contributed by atoms with Gasteiger partial charge in [-0.2, -0.15) is 0 Å². The number of alkyl halides is 1. The summed E-state index contributed by atoms with van der Waals surface area (Å²) in [5.74, 6) is 0. The van der Waals surface area contributed by atoms with Crippen LogP contribution in [0.4, 0.5) is 0 Å². The molecule has 1 heterocycles. The van der Waals surface area contributed by atoms with E-state index in [-0.39, 0.29) is 12.4 Å². The molecule has 3 atom stereocenters. The largest absolute Gasteiger partial charge is 0.374 e. The second-order valence-corrected chi connectivity index (χ2v) is 7.87. The fourth-order valence-electron chi connectivity index (χ4n) is 3.19. The monoisotopic (exact) mass is 416 g/mol. The lowest BCUT2D eigenvalue weighted by atomic mass is 9.98. The molecule has 3 nitrogen and oxygen atoms in total. The van der Waals surface area contributed by atoms with Crippen molar-refractivity contribution in [2.45, 2.75) is 67.6 Å². The minimum atomic E-state index is -0.0472. The van der Waals surface area contributed by atoms with Crippen LogP contribution in [0.3, 0.4) is 0 Å². The van der Waals surface area contributed by atoms with Crippen LogP contribution in [-0.2, 0) is 20.8 Å². The van der Waals surface area contributed by atoms with E-state index in [0.29, 0.717) is 23.2 Å². The third-order valence-corrected chi connectivity index (χ3v) is 5.50. The summed E-state index contributed by atoms with van der Waals surface area (Å²) >= 11 is 2.46. The summed E-state index contributed by atoms with van der Waals surface area (Å²) < 4.78 is 18.5. The fraction of sp³-hybridized carbons (Fsp3) is 0.667.